The molecule has 1 N–H and O–H groups in total. The average Bonchev–Trinajstić information content (AvgIpc) is 2.31. The summed E-state index contributed by atoms with van der Waals surface area (Å²) in [6.07, 6.45) is 2.10. The van der Waals surface area contributed by atoms with Crippen LogP contribution in [0.4, 0.5) is 0 Å². The second-order valence-corrected chi connectivity index (χ2v) is 4.22. The van der Waals surface area contributed by atoms with Crippen LogP contribution in [-0.4, -0.2) is 12.1 Å². The van der Waals surface area contributed by atoms with Gasteiger partial charge in [-0.15, -0.1) is 0 Å². The van der Waals surface area contributed by atoms with Crippen molar-refractivity contribution in [3.63, 3.8) is 0 Å². The zero-order valence-corrected chi connectivity index (χ0v) is 10.2. The maximum Gasteiger partial charge on any atom is 0.189 e. The third kappa shape index (κ3) is 2.56. The van der Waals surface area contributed by atoms with Crippen LogP contribution in [0.1, 0.15) is 24.6 Å². The Bertz CT molecular complexity index is 572. The van der Waals surface area contributed by atoms with E-state index in [4.69, 9.17) is 4.74 Å². The number of nitrogens with one attached hydrogen (secondary N) is 1. The molecular formula is C14H17NO2. The molecule has 0 saturated carbocycles. The summed E-state index contributed by atoms with van der Waals surface area (Å²) in [4.78, 5) is 15.2. The molecule has 0 atom stereocenters. The molecule has 0 spiro atoms. The standard InChI is InChI=1S/C14H17NO2/c1-3-4-10-5-6-13-12(7-10)14(16)8-11(15-13)9-17-2/h5-8H,3-4,9H2,1-2H3,(H,15,16). The fraction of sp³-hybridized carbons (Fsp3) is 0.357. The number of fused-ring (bicyclic) bond motifs is 1. The van der Waals surface area contributed by atoms with Crippen LogP contribution in [-0.2, 0) is 17.8 Å². The third-order valence-corrected chi connectivity index (χ3v) is 2.79. The fourth-order valence-corrected chi connectivity index (χ4v) is 2.03. The lowest BCUT2D eigenvalue weighted by Crippen LogP contribution is -2.06. The van der Waals surface area contributed by atoms with Crippen LogP contribution in [0.3, 0.4) is 0 Å². The fourth-order valence-electron chi connectivity index (χ4n) is 2.03. The lowest BCUT2D eigenvalue weighted by Gasteiger charge is -2.05. The van der Waals surface area contributed by atoms with Crippen molar-refractivity contribution in [2.24, 2.45) is 0 Å². The topological polar surface area (TPSA) is 42.1 Å². The van der Waals surface area contributed by atoms with Gasteiger partial charge in [0, 0.05) is 29.8 Å². The van der Waals surface area contributed by atoms with Crippen molar-refractivity contribution in [1.82, 2.24) is 4.98 Å². The molecule has 0 fully saturated rings. The Morgan fingerprint density at radius 2 is 2.12 bits per heavy atom. The van der Waals surface area contributed by atoms with Gasteiger partial charge in [0.15, 0.2) is 5.43 Å². The van der Waals surface area contributed by atoms with Gasteiger partial charge in [-0.2, -0.15) is 0 Å². The highest BCUT2D eigenvalue weighted by atomic mass is 16.5. The zero-order valence-electron chi connectivity index (χ0n) is 10.2. The predicted molar refractivity (Wildman–Crippen MR) is 69.3 cm³/mol. The maximum absolute atomic E-state index is 12.0. The summed E-state index contributed by atoms with van der Waals surface area (Å²) in [5.74, 6) is 0. The Balaban J connectivity index is 2.52. The third-order valence-electron chi connectivity index (χ3n) is 2.79. The molecule has 1 aromatic heterocycles. The molecule has 0 aliphatic rings. The smallest absolute Gasteiger partial charge is 0.189 e. The lowest BCUT2D eigenvalue weighted by atomic mass is 10.1. The molecule has 1 heterocycles. The first-order valence-electron chi connectivity index (χ1n) is 5.88. The van der Waals surface area contributed by atoms with Crippen molar-refractivity contribution in [3.05, 3.63) is 45.7 Å². The van der Waals surface area contributed by atoms with Crippen molar-refractivity contribution < 1.29 is 4.74 Å². The van der Waals surface area contributed by atoms with Crippen LogP contribution >= 0.6 is 0 Å². The molecule has 2 aromatic rings. The number of rotatable bonds is 4. The molecule has 3 heteroatoms. The number of aryl methyl sites for hydroxylation is 1. The first-order valence-corrected chi connectivity index (χ1v) is 5.88. The Morgan fingerprint density at radius 3 is 2.82 bits per heavy atom. The van der Waals surface area contributed by atoms with Gasteiger partial charge >= 0.3 is 0 Å². The minimum atomic E-state index is 0.0590. The second kappa shape index (κ2) is 5.15. The number of ether oxygens (including phenoxy) is 1. The quantitative estimate of drug-likeness (QED) is 0.878. The van der Waals surface area contributed by atoms with Crippen molar-refractivity contribution in [3.8, 4) is 0 Å². The first-order chi connectivity index (χ1) is 8.24. The summed E-state index contributed by atoms with van der Waals surface area (Å²) < 4.78 is 5.02. The summed E-state index contributed by atoms with van der Waals surface area (Å²) in [6.45, 7) is 2.57. The zero-order chi connectivity index (χ0) is 12.3. The van der Waals surface area contributed by atoms with Crippen LogP contribution in [0.5, 0.6) is 0 Å². The summed E-state index contributed by atoms with van der Waals surface area (Å²) in [5, 5.41) is 0.760. The van der Waals surface area contributed by atoms with Crippen molar-refractivity contribution in [2.45, 2.75) is 26.4 Å². The van der Waals surface area contributed by atoms with Gasteiger partial charge in [-0.05, 0) is 24.1 Å². The summed E-state index contributed by atoms with van der Waals surface area (Å²) in [7, 11) is 1.62. The average molecular weight is 231 g/mol. The second-order valence-electron chi connectivity index (χ2n) is 4.22. The van der Waals surface area contributed by atoms with E-state index in [-0.39, 0.29) is 5.43 Å². The molecule has 0 radical (unpaired) electrons. The Labute approximate surface area is 100 Å². The van der Waals surface area contributed by atoms with E-state index in [1.54, 1.807) is 13.2 Å². The van der Waals surface area contributed by atoms with E-state index in [1.165, 1.54) is 5.56 Å². The minimum Gasteiger partial charge on any atom is -0.378 e. The number of H-pyrrole nitrogens is 1. The highest BCUT2D eigenvalue weighted by molar-refractivity contribution is 5.79. The van der Waals surface area contributed by atoms with E-state index in [0.29, 0.717) is 6.61 Å². The van der Waals surface area contributed by atoms with E-state index < -0.39 is 0 Å². The van der Waals surface area contributed by atoms with Crippen molar-refractivity contribution in [2.75, 3.05) is 7.11 Å². The summed E-state index contributed by atoms with van der Waals surface area (Å²) in [6, 6.07) is 7.63. The van der Waals surface area contributed by atoms with Crippen LogP contribution in [0.15, 0.2) is 29.1 Å². The highest BCUT2D eigenvalue weighted by Gasteiger charge is 2.03. The van der Waals surface area contributed by atoms with E-state index in [2.05, 4.69) is 18.0 Å². The highest BCUT2D eigenvalue weighted by Crippen LogP contribution is 2.13. The molecule has 0 aliphatic heterocycles. The molecule has 0 unspecified atom stereocenters. The minimum absolute atomic E-state index is 0.0590. The van der Waals surface area contributed by atoms with Crippen LogP contribution in [0.25, 0.3) is 10.9 Å². The Kier molecular flexibility index (Phi) is 3.59. The van der Waals surface area contributed by atoms with E-state index >= 15 is 0 Å². The van der Waals surface area contributed by atoms with Gasteiger partial charge < -0.3 is 9.72 Å². The molecule has 0 amide bonds. The molecule has 90 valence electrons. The van der Waals surface area contributed by atoms with E-state index in [0.717, 1.165) is 29.4 Å². The van der Waals surface area contributed by atoms with Crippen LogP contribution < -0.4 is 5.43 Å². The van der Waals surface area contributed by atoms with Gasteiger partial charge in [-0.3, -0.25) is 4.79 Å². The SMILES string of the molecule is CCCc1ccc2[nH]c(COC)cc(=O)c2c1. The van der Waals surface area contributed by atoms with Crippen LogP contribution in [0.2, 0.25) is 0 Å². The molecule has 0 bridgehead atoms. The largest absolute Gasteiger partial charge is 0.378 e. The number of aromatic nitrogens is 1. The molecule has 0 saturated heterocycles. The van der Waals surface area contributed by atoms with Gasteiger partial charge in [-0.25, -0.2) is 0 Å². The molecule has 1 aromatic carbocycles. The molecule has 0 aliphatic carbocycles. The molecule has 2 rings (SSSR count). The predicted octanol–water partition coefficient (Wildman–Crippen LogP) is 2.63. The molecule has 17 heavy (non-hydrogen) atoms. The van der Waals surface area contributed by atoms with Crippen LogP contribution in [0, 0.1) is 0 Å². The first kappa shape index (κ1) is 11.9. The van der Waals surface area contributed by atoms with E-state index in [9.17, 15) is 4.79 Å². The van der Waals surface area contributed by atoms with Crippen molar-refractivity contribution in [1.29, 1.82) is 0 Å². The van der Waals surface area contributed by atoms with Gasteiger partial charge in [0.1, 0.15) is 0 Å². The monoisotopic (exact) mass is 231 g/mol. The Hall–Kier alpha value is -1.61. The number of pyridine rings is 1. The summed E-state index contributed by atoms with van der Waals surface area (Å²) in [5.41, 5.74) is 2.96. The van der Waals surface area contributed by atoms with Gasteiger partial charge in [0.05, 0.1) is 6.61 Å². The maximum atomic E-state index is 12.0. The molecular weight excluding hydrogens is 214 g/mol. The van der Waals surface area contributed by atoms with Gasteiger partial charge in [0.25, 0.3) is 0 Å². The number of hydrogen-bond donors (Lipinski definition) is 1. The van der Waals surface area contributed by atoms with Crippen molar-refractivity contribution >= 4 is 10.9 Å². The number of hydrogen-bond acceptors (Lipinski definition) is 2. The number of methoxy groups -OCH3 is 1. The normalized spacial score (nSPS) is 10.9. The lowest BCUT2D eigenvalue weighted by molar-refractivity contribution is 0.181. The molecule has 3 nitrogen and oxygen atoms in total. The Morgan fingerprint density at radius 1 is 1.29 bits per heavy atom. The summed E-state index contributed by atoms with van der Waals surface area (Å²) >= 11 is 0. The number of aromatic amines is 1. The number of benzene rings is 1. The van der Waals surface area contributed by atoms with Gasteiger partial charge in [-0.1, -0.05) is 19.4 Å². The van der Waals surface area contributed by atoms with Gasteiger partial charge in [0.2, 0.25) is 0 Å². The van der Waals surface area contributed by atoms with E-state index in [1.807, 2.05) is 12.1 Å².